The quantitative estimate of drug-likeness (QED) is 0.747. The highest BCUT2D eigenvalue weighted by molar-refractivity contribution is 7.71. The molecule has 1 aromatic heterocycles. The van der Waals surface area contributed by atoms with Crippen LogP contribution in [0, 0.1) is 17.4 Å². The summed E-state index contributed by atoms with van der Waals surface area (Å²) in [4.78, 5) is 7.00. The molecule has 15 heavy (non-hydrogen) atoms. The fraction of sp³-hybridized carbons (Fsp3) is 0.0909. The molecule has 0 spiro atoms. The molecule has 0 unspecified atom stereocenters. The first-order valence-corrected chi connectivity index (χ1v) is 4.89. The maximum absolute atomic E-state index is 13.2. The highest BCUT2D eigenvalue weighted by Gasteiger charge is 2.03. The van der Waals surface area contributed by atoms with Gasteiger partial charge in [-0.3, -0.25) is 4.98 Å². The number of rotatable bonds is 1. The summed E-state index contributed by atoms with van der Waals surface area (Å²) in [5.74, 6) is -0.273. The molecular weight excluding hydrogens is 211 g/mol. The van der Waals surface area contributed by atoms with Gasteiger partial charge in [-0.05, 0) is 30.7 Å². The highest BCUT2D eigenvalue weighted by atomic mass is 32.1. The standard InChI is InChI=1S/C11H9FN2S/c1-7-4-8(6-9(12)5-7)10-11(15)14-3-2-13-10/h2-6H,1H3,(H,14,15). The maximum Gasteiger partial charge on any atom is 0.129 e. The molecule has 76 valence electrons. The molecule has 0 atom stereocenters. The fourth-order valence-electron chi connectivity index (χ4n) is 1.43. The van der Waals surface area contributed by atoms with Crippen LogP contribution < -0.4 is 0 Å². The van der Waals surface area contributed by atoms with Gasteiger partial charge < -0.3 is 4.98 Å². The molecule has 1 N–H and O–H groups in total. The van der Waals surface area contributed by atoms with E-state index in [9.17, 15) is 4.39 Å². The van der Waals surface area contributed by atoms with Crippen molar-refractivity contribution in [3.63, 3.8) is 0 Å². The third kappa shape index (κ3) is 2.10. The maximum atomic E-state index is 13.2. The molecule has 0 fully saturated rings. The lowest BCUT2D eigenvalue weighted by atomic mass is 10.1. The molecule has 2 nitrogen and oxygen atoms in total. The molecule has 1 aromatic carbocycles. The molecule has 0 saturated heterocycles. The Labute approximate surface area is 91.8 Å². The van der Waals surface area contributed by atoms with Crippen LogP contribution in [0.3, 0.4) is 0 Å². The second-order valence-corrected chi connectivity index (χ2v) is 3.69. The van der Waals surface area contributed by atoms with E-state index in [1.807, 2.05) is 13.0 Å². The van der Waals surface area contributed by atoms with E-state index in [0.717, 1.165) is 5.56 Å². The van der Waals surface area contributed by atoms with Crippen molar-refractivity contribution in [3.8, 4) is 11.3 Å². The van der Waals surface area contributed by atoms with Crippen LogP contribution in [0.25, 0.3) is 11.3 Å². The van der Waals surface area contributed by atoms with Crippen molar-refractivity contribution in [3.05, 3.63) is 46.6 Å². The largest absolute Gasteiger partial charge is 0.350 e. The Morgan fingerprint density at radius 2 is 2.13 bits per heavy atom. The summed E-state index contributed by atoms with van der Waals surface area (Å²) in [5, 5.41) is 0. The van der Waals surface area contributed by atoms with Gasteiger partial charge in [-0.1, -0.05) is 12.2 Å². The zero-order valence-electron chi connectivity index (χ0n) is 8.12. The number of H-pyrrole nitrogens is 1. The summed E-state index contributed by atoms with van der Waals surface area (Å²) >= 11 is 5.08. The Hall–Kier alpha value is -1.55. The molecule has 2 rings (SSSR count). The van der Waals surface area contributed by atoms with Gasteiger partial charge in [0.05, 0.1) is 0 Å². The van der Waals surface area contributed by atoms with Crippen molar-refractivity contribution in [2.24, 2.45) is 0 Å². The van der Waals surface area contributed by atoms with E-state index in [2.05, 4.69) is 9.97 Å². The zero-order chi connectivity index (χ0) is 10.8. The summed E-state index contributed by atoms with van der Waals surface area (Å²) in [5.41, 5.74) is 2.16. The highest BCUT2D eigenvalue weighted by Crippen LogP contribution is 2.19. The van der Waals surface area contributed by atoms with E-state index >= 15 is 0 Å². The number of aryl methyl sites for hydroxylation is 1. The predicted octanol–water partition coefficient (Wildman–Crippen LogP) is 3.25. The van der Waals surface area contributed by atoms with E-state index in [1.54, 1.807) is 12.4 Å². The second-order valence-electron chi connectivity index (χ2n) is 3.28. The van der Waals surface area contributed by atoms with E-state index < -0.39 is 0 Å². The minimum atomic E-state index is -0.273. The van der Waals surface area contributed by atoms with Gasteiger partial charge in [-0.15, -0.1) is 0 Å². The number of hydrogen-bond acceptors (Lipinski definition) is 2. The third-order valence-corrected chi connectivity index (χ3v) is 2.33. The van der Waals surface area contributed by atoms with Crippen molar-refractivity contribution >= 4 is 12.2 Å². The van der Waals surface area contributed by atoms with E-state index in [-0.39, 0.29) is 5.82 Å². The molecule has 0 amide bonds. The monoisotopic (exact) mass is 220 g/mol. The lowest BCUT2D eigenvalue weighted by Gasteiger charge is -2.02. The van der Waals surface area contributed by atoms with Crippen molar-refractivity contribution in [2.75, 3.05) is 0 Å². The number of benzene rings is 1. The summed E-state index contributed by atoms with van der Waals surface area (Å²) in [6, 6.07) is 4.76. The normalized spacial score (nSPS) is 10.3. The van der Waals surface area contributed by atoms with Gasteiger partial charge in [0.15, 0.2) is 0 Å². The van der Waals surface area contributed by atoms with Crippen molar-refractivity contribution in [2.45, 2.75) is 6.92 Å². The number of aromatic amines is 1. The lowest BCUT2D eigenvalue weighted by molar-refractivity contribution is 0.627. The number of halogens is 1. The smallest absolute Gasteiger partial charge is 0.129 e. The van der Waals surface area contributed by atoms with E-state index in [1.165, 1.54) is 12.1 Å². The van der Waals surface area contributed by atoms with Crippen LogP contribution in [0.4, 0.5) is 4.39 Å². The molecular formula is C11H9FN2S. The summed E-state index contributed by atoms with van der Waals surface area (Å²) in [6.45, 7) is 1.84. The minimum Gasteiger partial charge on any atom is -0.350 e. The number of hydrogen-bond donors (Lipinski definition) is 1. The van der Waals surface area contributed by atoms with Gasteiger partial charge in [-0.25, -0.2) is 4.39 Å². The minimum absolute atomic E-state index is 0.273. The Morgan fingerprint density at radius 1 is 1.33 bits per heavy atom. The topological polar surface area (TPSA) is 28.7 Å². The number of nitrogens with one attached hydrogen (secondary N) is 1. The molecule has 0 aliphatic heterocycles. The molecule has 0 bridgehead atoms. The van der Waals surface area contributed by atoms with E-state index in [4.69, 9.17) is 12.2 Å². The number of nitrogens with zero attached hydrogens (tertiary/aromatic N) is 1. The molecule has 0 aliphatic rings. The van der Waals surface area contributed by atoms with Crippen molar-refractivity contribution in [1.29, 1.82) is 0 Å². The van der Waals surface area contributed by atoms with Gasteiger partial charge >= 0.3 is 0 Å². The van der Waals surface area contributed by atoms with Gasteiger partial charge in [0.1, 0.15) is 16.2 Å². The summed E-state index contributed by atoms with van der Waals surface area (Å²) in [7, 11) is 0. The molecule has 0 saturated carbocycles. The Morgan fingerprint density at radius 3 is 2.80 bits per heavy atom. The van der Waals surface area contributed by atoms with Gasteiger partial charge in [0.25, 0.3) is 0 Å². The average molecular weight is 220 g/mol. The van der Waals surface area contributed by atoms with Crippen LogP contribution in [0.1, 0.15) is 5.56 Å². The van der Waals surface area contributed by atoms with Gasteiger partial charge in [0, 0.05) is 18.0 Å². The summed E-state index contributed by atoms with van der Waals surface area (Å²) < 4.78 is 13.7. The molecule has 0 aliphatic carbocycles. The van der Waals surface area contributed by atoms with Gasteiger partial charge in [0.2, 0.25) is 0 Å². The Kier molecular flexibility index (Phi) is 2.60. The van der Waals surface area contributed by atoms with Crippen LogP contribution >= 0.6 is 12.2 Å². The van der Waals surface area contributed by atoms with Crippen LogP contribution in [0.5, 0.6) is 0 Å². The average Bonchev–Trinajstić information content (AvgIpc) is 2.16. The predicted molar refractivity (Wildman–Crippen MR) is 59.6 cm³/mol. The summed E-state index contributed by atoms with van der Waals surface area (Å²) in [6.07, 6.45) is 3.25. The lowest BCUT2D eigenvalue weighted by Crippen LogP contribution is -1.89. The Bertz CT molecular complexity index is 528. The molecule has 2 aromatic rings. The molecule has 1 heterocycles. The van der Waals surface area contributed by atoms with Crippen LogP contribution in [0.2, 0.25) is 0 Å². The van der Waals surface area contributed by atoms with Crippen LogP contribution in [-0.4, -0.2) is 9.97 Å². The van der Waals surface area contributed by atoms with Crippen LogP contribution in [-0.2, 0) is 0 Å². The fourth-order valence-corrected chi connectivity index (χ4v) is 1.67. The second kappa shape index (κ2) is 3.90. The first-order valence-electron chi connectivity index (χ1n) is 4.48. The zero-order valence-corrected chi connectivity index (χ0v) is 8.94. The van der Waals surface area contributed by atoms with Crippen LogP contribution in [0.15, 0.2) is 30.6 Å². The first kappa shape index (κ1) is 9.98. The van der Waals surface area contributed by atoms with Gasteiger partial charge in [-0.2, -0.15) is 0 Å². The number of aromatic nitrogens is 2. The third-order valence-electron chi connectivity index (χ3n) is 2.02. The van der Waals surface area contributed by atoms with E-state index in [0.29, 0.717) is 15.9 Å². The molecule has 0 radical (unpaired) electrons. The van der Waals surface area contributed by atoms with Crippen molar-refractivity contribution < 1.29 is 4.39 Å². The molecule has 4 heteroatoms. The first-order chi connectivity index (χ1) is 7.16. The SMILES string of the molecule is Cc1cc(F)cc(-c2ncc[nH]c2=S)c1. The van der Waals surface area contributed by atoms with Crippen molar-refractivity contribution in [1.82, 2.24) is 9.97 Å². The Balaban J connectivity index is 2.64.